The van der Waals surface area contributed by atoms with Gasteiger partial charge in [-0.05, 0) is 35.4 Å². The number of nitrogens with zero attached hydrogens (tertiary/aromatic N) is 3. The van der Waals surface area contributed by atoms with E-state index in [1.807, 2.05) is 72.8 Å². The third-order valence-corrected chi connectivity index (χ3v) is 7.28. The summed E-state index contributed by atoms with van der Waals surface area (Å²) in [5.41, 5.74) is 4.96. The molecule has 2 aliphatic rings. The number of anilines is 1. The minimum absolute atomic E-state index is 0.000492. The maximum atomic E-state index is 13.0. The molecule has 2 saturated heterocycles. The van der Waals surface area contributed by atoms with Gasteiger partial charge in [-0.1, -0.05) is 48.5 Å². The first-order valence-electron chi connectivity index (χ1n) is 13.6. The van der Waals surface area contributed by atoms with Crippen LogP contribution in [0, 0.1) is 0 Å². The summed E-state index contributed by atoms with van der Waals surface area (Å²) in [4.78, 5) is 24.2. The van der Waals surface area contributed by atoms with Gasteiger partial charge in [0.1, 0.15) is 5.69 Å². The van der Waals surface area contributed by atoms with Crippen LogP contribution in [0.3, 0.4) is 0 Å². The number of aromatic nitrogens is 2. The van der Waals surface area contributed by atoms with Crippen LogP contribution in [0.1, 0.15) is 46.0 Å². The number of nitrogens with one attached hydrogen (secondary N) is 1. The maximum absolute atomic E-state index is 13.0. The van der Waals surface area contributed by atoms with E-state index in [0.29, 0.717) is 17.6 Å². The number of hydrogen-bond acceptors (Lipinski definition) is 8. The number of aliphatic hydroxyl groups excluding tert-OH is 1. The number of carbonyl (C=O) groups excluding carboxylic acids is 1. The fourth-order valence-electron chi connectivity index (χ4n) is 5.13. The average molecular weight is 541 g/mol. The summed E-state index contributed by atoms with van der Waals surface area (Å²) >= 11 is 0. The standard InChI is InChI=1S/C31H32N4O5/c36-20-21-8-10-22(11-9-21)29-17-25(19-35-12-14-38-15-13-35)39-31(40-29)23-4-3-5-24(16-23)33-30(37)28-18-32-26-6-1-2-7-27(26)34-28/h1-11,16,18,25,29,31,36H,12-15,17,19-20H2,(H,33,37)/t25-,29+,31+/m0/s1. The van der Waals surface area contributed by atoms with Crippen molar-refractivity contribution in [3.05, 3.63) is 101 Å². The van der Waals surface area contributed by atoms with Crippen LogP contribution in [-0.2, 0) is 20.8 Å². The van der Waals surface area contributed by atoms with Gasteiger partial charge in [-0.25, -0.2) is 4.98 Å². The van der Waals surface area contributed by atoms with Gasteiger partial charge in [0.2, 0.25) is 0 Å². The van der Waals surface area contributed by atoms with Crippen molar-refractivity contribution in [1.29, 1.82) is 0 Å². The molecule has 0 aliphatic carbocycles. The molecule has 9 nitrogen and oxygen atoms in total. The Morgan fingerprint density at radius 2 is 1.75 bits per heavy atom. The zero-order valence-corrected chi connectivity index (χ0v) is 22.1. The minimum atomic E-state index is -0.611. The number of aliphatic hydroxyl groups is 1. The normalized spacial score (nSPS) is 21.8. The second kappa shape index (κ2) is 12.2. The number of para-hydroxylation sites is 2. The van der Waals surface area contributed by atoms with Gasteiger partial charge >= 0.3 is 0 Å². The smallest absolute Gasteiger partial charge is 0.275 e. The molecule has 2 fully saturated rings. The molecule has 1 aromatic heterocycles. The molecule has 0 bridgehead atoms. The number of ether oxygens (including phenoxy) is 3. The van der Waals surface area contributed by atoms with Gasteiger partial charge in [0.25, 0.3) is 5.91 Å². The molecule has 3 aromatic carbocycles. The van der Waals surface area contributed by atoms with E-state index in [4.69, 9.17) is 14.2 Å². The monoisotopic (exact) mass is 540 g/mol. The van der Waals surface area contributed by atoms with Crippen molar-refractivity contribution < 1.29 is 24.1 Å². The molecule has 4 aromatic rings. The number of benzene rings is 3. The van der Waals surface area contributed by atoms with E-state index in [1.54, 1.807) is 0 Å². The molecule has 2 aliphatic heterocycles. The van der Waals surface area contributed by atoms with Gasteiger partial charge in [0, 0.05) is 37.3 Å². The first-order chi connectivity index (χ1) is 19.6. The zero-order chi connectivity index (χ0) is 27.3. The molecule has 40 heavy (non-hydrogen) atoms. The molecule has 0 radical (unpaired) electrons. The quantitative estimate of drug-likeness (QED) is 0.358. The summed E-state index contributed by atoms with van der Waals surface area (Å²) in [5, 5.41) is 12.4. The van der Waals surface area contributed by atoms with Crippen LogP contribution in [0.15, 0.2) is 79.0 Å². The maximum Gasteiger partial charge on any atom is 0.275 e. The highest BCUT2D eigenvalue weighted by atomic mass is 16.7. The Morgan fingerprint density at radius 1 is 0.950 bits per heavy atom. The van der Waals surface area contributed by atoms with Gasteiger partial charge in [-0.3, -0.25) is 14.7 Å². The van der Waals surface area contributed by atoms with Gasteiger partial charge in [0.15, 0.2) is 6.29 Å². The van der Waals surface area contributed by atoms with Crippen LogP contribution in [0.25, 0.3) is 11.0 Å². The highest BCUT2D eigenvalue weighted by molar-refractivity contribution is 6.03. The summed E-state index contributed by atoms with van der Waals surface area (Å²) in [5.74, 6) is -0.340. The minimum Gasteiger partial charge on any atom is -0.392 e. The first kappa shape index (κ1) is 26.5. The highest BCUT2D eigenvalue weighted by Crippen LogP contribution is 2.38. The number of carbonyl (C=O) groups is 1. The molecule has 2 N–H and O–H groups in total. The van der Waals surface area contributed by atoms with Gasteiger partial charge < -0.3 is 24.6 Å². The average Bonchev–Trinajstić information content (AvgIpc) is 3.01. The Bertz CT molecular complexity index is 1460. The van der Waals surface area contributed by atoms with Crippen LogP contribution in [0.2, 0.25) is 0 Å². The third kappa shape index (κ3) is 6.19. The predicted molar refractivity (Wildman–Crippen MR) is 150 cm³/mol. The molecule has 206 valence electrons. The van der Waals surface area contributed by atoms with Gasteiger partial charge in [0.05, 0.1) is 49.3 Å². The molecular weight excluding hydrogens is 508 g/mol. The van der Waals surface area contributed by atoms with E-state index in [2.05, 4.69) is 20.2 Å². The third-order valence-electron chi connectivity index (χ3n) is 7.28. The molecule has 1 amide bonds. The molecular formula is C31H32N4O5. The van der Waals surface area contributed by atoms with Gasteiger partial charge in [-0.2, -0.15) is 0 Å². The number of hydrogen-bond donors (Lipinski definition) is 2. The predicted octanol–water partition coefficient (Wildman–Crippen LogP) is 4.25. The summed E-state index contributed by atoms with van der Waals surface area (Å²) in [6, 6.07) is 22.8. The Hall–Kier alpha value is -3.73. The molecule has 0 spiro atoms. The van der Waals surface area contributed by atoms with E-state index in [-0.39, 0.29) is 30.4 Å². The lowest BCUT2D eigenvalue weighted by atomic mass is 9.99. The lowest BCUT2D eigenvalue weighted by molar-refractivity contribution is -0.253. The second-order valence-electron chi connectivity index (χ2n) is 10.1. The molecule has 3 heterocycles. The Labute approximate surface area is 232 Å². The highest BCUT2D eigenvalue weighted by Gasteiger charge is 2.33. The fraction of sp³-hybridized carbons (Fsp3) is 0.323. The molecule has 3 atom stereocenters. The van der Waals surface area contributed by atoms with Crippen molar-refractivity contribution in [2.24, 2.45) is 0 Å². The summed E-state index contributed by atoms with van der Waals surface area (Å²) in [6.45, 7) is 3.98. The second-order valence-corrected chi connectivity index (χ2v) is 10.1. The van der Waals surface area contributed by atoms with E-state index in [1.165, 1.54) is 6.20 Å². The summed E-state index contributed by atoms with van der Waals surface area (Å²) in [7, 11) is 0. The van der Waals surface area contributed by atoms with Crippen molar-refractivity contribution in [3.63, 3.8) is 0 Å². The fourth-order valence-corrected chi connectivity index (χ4v) is 5.13. The summed E-state index contributed by atoms with van der Waals surface area (Å²) < 4.78 is 18.5. The Morgan fingerprint density at radius 3 is 2.55 bits per heavy atom. The van der Waals surface area contributed by atoms with Crippen molar-refractivity contribution >= 4 is 22.6 Å². The van der Waals surface area contributed by atoms with E-state index < -0.39 is 6.29 Å². The largest absolute Gasteiger partial charge is 0.392 e. The topological polar surface area (TPSA) is 106 Å². The van der Waals surface area contributed by atoms with Crippen LogP contribution < -0.4 is 5.32 Å². The van der Waals surface area contributed by atoms with Crippen LogP contribution in [-0.4, -0.2) is 64.8 Å². The molecule has 0 unspecified atom stereocenters. The zero-order valence-electron chi connectivity index (χ0n) is 22.1. The van der Waals surface area contributed by atoms with Crippen molar-refractivity contribution in [1.82, 2.24) is 14.9 Å². The van der Waals surface area contributed by atoms with E-state index in [0.717, 1.165) is 55.1 Å². The number of fused-ring (bicyclic) bond motifs is 1. The number of morpholine rings is 1. The number of amides is 1. The van der Waals surface area contributed by atoms with Crippen molar-refractivity contribution in [2.75, 3.05) is 38.2 Å². The van der Waals surface area contributed by atoms with Crippen LogP contribution in [0.4, 0.5) is 5.69 Å². The van der Waals surface area contributed by atoms with Gasteiger partial charge in [-0.15, -0.1) is 0 Å². The Balaban J connectivity index is 1.21. The van der Waals surface area contributed by atoms with Crippen LogP contribution >= 0.6 is 0 Å². The molecule has 0 saturated carbocycles. The Kier molecular flexibility index (Phi) is 8.08. The van der Waals surface area contributed by atoms with Crippen LogP contribution in [0.5, 0.6) is 0 Å². The SMILES string of the molecule is O=C(Nc1cccc([C@@H]2O[C@H](CN3CCOCC3)C[C@H](c3ccc(CO)cc3)O2)c1)c1cnc2ccccc2n1. The van der Waals surface area contributed by atoms with Crippen molar-refractivity contribution in [2.45, 2.75) is 31.5 Å². The molecule has 6 rings (SSSR count). The number of rotatable bonds is 7. The summed E-state index contributed by atoms with van der Waals surface area (Å²) in [6.07, 6.45) is 1.36. The lowest BCUT2D eigenvalue weighted by Crippen LogP contribution is -2.44. The van der Waals surface area contributed by atoms with E-state index >= 15 is 0 Å². The van der Waals surface area contributed by atoms with Crippen molar-refractivity contribution in [3.8, 4) is 0 Å². The first-order valence-corrected chi connectivity index (χ1v) is 13.6. The lowest BCUT2D eigenvalue weighted by Gasteiger charge is -2.39. The molecule has 9 heteroatoms. The van der Waals surface area contributed by atoms with E-state index in [9.17, 15) is 9.90 Å².